The van der Waals surface area contributed by atoms with Crippen LogP contribution in [0.1, 0.15) is 26.4 Å². The van der Waals surface area contributed by atoms with Crippen LogP contribution in [0.2, 0.25) is 0 Å². The second-order valence-electron chi connectivity index (χ2n) is 5.50. The van der Waals surface area contributed by atoms with Crippen LogP contribution in [0, 0.1) is 11.3 Å². The van der Waals surface area contributed by atoms with Gasteiger partial charge in [-0.1, -0.05) is 6.07 Å². The molecule has 3 aromatic rings. The van der Waals surface area contributed by atoms with Gasteiger partial charge in [-0.2, -0.15) is 10.4 Å². The van der Waals surface area contributed by atoms with E-state index in [-0.39, 0.29) is 11.3 Å². The number of nitrogens with zero attached hydrogens (tertiary/aromatic N) is 2. The fourth-order valence-corrected chi connectivity index (χ4v) is 2.33. The number of benzene rings is 2. The SMILES string of the molecule is COc1ccc(-c2cc(C(=O)NNC(=O)c3cccc(C#N)c3)[nH]n2)cc1. The standard InChI is InChI=1S/C19H15N5O3/c1-27-15-7-5-13(6-8-15)16-10-17(22-21-16)19(26)24-23-18(25)14-4-2-3-12(9-14)11-20/h2-10H,1H3,(H,21,22)(H,23,25)(H,24,26). The number of nitrogens with one attached hydrogen (secondary N) is 3. The molecule has 0 unspecified atom stereocenters. The van der Waals surface area contributed by atoms with Crippen LogP contribution in [0.15, 0.2) is 54.6 Å². The Morgan fingerprint density at radius 2 is 1.81 bits per heavy atom. The Labute approximate surface area is 154 Å². The Bertz CT molecular complexity index is 1020. The molecule has 0 aliphatic carbocycles. The summed E-state index contributed by atoms with van der Waals surface area (Å²) in [5.41, 5.74) is 6.80. The van der Waals surface area contributed by atoms with Gasteiger partial charge >= 0.3 is 0 Å². The topological polar surface area (TPSA) is 120 Å². The maximum Gasteiger partial charge on any atom is 0.287 e. The first-order chi connectivity index (χ1) is 13.1. The maximum atomic E-state index is 12.2. The van der Waals surface area contributed by atoms with E-state index in [2.05, 4.69) is 21.0 Å². The molecule has 0 aliphatic heterocycles. The average molecular weight is 361 g/mol. The van der Waals surface area contributed by atoms with Gasteiger partial charge in [-0.25, -0.2) is 0 Å². The van der Waals surface area contributed by atoms with Crippen LogP contribution >= 0.6 is 0 Å². The Hall–Kier alpha value is -4.12. The van der Waals surface area contributed by atoms with E-state index in [4.69, 9.17) is 10.00 Å². The predicted octanol–water partition coefficient (Wildman–Crippen LogP) is 2.03. The lowest BCUT2D eigenvalue weighted by Crippen LogP contribution is -2.41. The minimum atomic E-state index is -0.549. The van der Waals surface area contributed by atoms with Crippen LogP contribution in [0.5, 0.6) is 5.75 Å². The summed E-state index contributed by atoms with van der Waals surface area (Å²) >= 11 is 0. The molecule has 0 saturated heterocycles. The highest BCUT2D eigenvalue weighted by atomic mass is 16.5. The Morgan fingerprint density at radius 3 is 2.52 bits per heavy atom. The van der Waals surface area contributed by atoms with Crippen molar-refractivity contribution in [2.24, 2.45) is 0 Å². The molecule has 0 atom stereocenters. The number of rotatable bonds is 4. The Kier molecular flexibility index (Phi) is 5.14. The van der Waals surface area contributed by atoms with Crippen molar-refractivity contribution < 1.29 is 14.3 Å². The second-order valence-corrected chi connectivity index (χ2v) is 5.50. The quantitative estimate of drug-likeness (QED) is 0.614. The number of methoxy groups -OCH3 is 1. The van der Waals surface area contributed by atoms with E-state index in [9.17, 15) is 9.59 Å². The van der Waals surface area contributed by atoms with Crippen molar-refractivity contribution in [1.29, 1.82) is 5.26 Å². The number of aromatic nitrogens is 2. The number of ether oxygens (including phenoxy) is 1. The summed E-state index contributed by atoms with van der Waals surface area (Å²) in [5, 5.41) is 15.6. The van der Waals surface area contributed by atoms with Crippen molar-refractivity contribution in [2.45, 2.75) is 0 Å². The van der Waals surface area contributed by atoms with Crippen LogP contribution in [0.4, 0.5) is 0 Å². The maximum absolute atomic E-state index is 12.2. The molecule has 1 heterocycles. The smallest absolute Gasteiger partial charge is 0.287 e. The third kappa shape index (κ3) is 4.11. The highest BCUT2D eigenvalue weighted by Gasteiger charge is 2.13. The molecule has 27 heavy (non-hydrogen) atoms. The fraction of sp³-hybridized carbons (Fsp3) is 0.0526. The summed E-state index contributed by atoms with van der Waals surface area (Å²) in [6.07, 6.45) is 0. The van der Waals surface area contributed by atoms with Gasteiger partial charge in [0, 0.05) is 11.1 Å². The van der Waals surface area contributed by atoms with Gasteiger partial charge in [-0.15, -0.1) is 0 Å². The van der Waals surface area contributed by atoms with E-state index < -0.39 is 11.8 Å². The first kappa shape index (κ1) is 17.7. The molecule has 8 nitrogen and oxygen atoms in total. The van der Waals surface area contributed by atoms with Gasteiger partial charge in [0.2, 0.25) is 0 Å². The van der Waals surface area contributed by atoms with Crippen LogP contribution in [0.3, 0.4) is 0 Å². The third-order valence-electron chi connectivity index (χ3n) is 3.75. The van der Waals surface area contributed by atoms with Crippen molar-refractivity contribution in [3.05, 3.63) is 71.4 Å². The highest BCUT2D eigenvalue weighted by Crippen LogP contribution is 2.21. The first-order valence-corrected chi connectivity index (χ1v) is 7.91. The summed E-state index contributed by atoms with van der Waals surface area (Å²) in [7, 11) is 1.58. The molecular weight excluding hydrogens is 346 g/mol. The molecular formula is C19H15N5O3. The fourth-order valence-electron chi connectivity index (χ4n) is 2.33. The molecule has 0 fully saturated rings. The van der Waals surface area contributed by atoms with Gasteiger partial charge in [0.1, 0.15) is 11.4 Å². The lowest BCUT2D eigenvalue weighted by Gasteiger charge is -2.06. The number of H-pyrrole nitrogens is 1. The molecule has 3 N–H and O–H groups in total. The zero-order valence-corrected chi connectivity index (χ0v) is 14.3. The van der Waals surface area contributed by atoms with Gasteiger partial charge < -0.3 is 4.74 Å². The molecule has 0 bridgehead atoms. The third-order valence-corrected chi connectivity index (χ3v) is 3.75. The largest absolute Gasteiger partial charge is 0.497 e. The summed E-state index contributed by atoms with van der Waals surface area (Å²) in [5.74, 6) is -0.363. The van der Waals surface area contributed by atoms with Gasteiger partial charge in [0.15, 0.2) is 0 Å². The first-order valence-electron chi connectivity index (χ1n) is 7.91. The molecule has 0 spiro atoms. The average Bonchev–Trinajstić information content (AvgIpc) is 3.22. The molecule has 8 heteroatoms. The predicted molar refractivity (Wildman–Crippen MR) is 96.7 cm³/mol. The van der Waals surface area contributed by atoms with Gasteiger partial charge in [-0.05, 0) is 48.5 Å². The number of hydrazine groups is 1. The van der Waals surface area contributed by atoms with Crippen LogP contribution in [0.25, 0.3) is 11.3 Å². The number of carbonyl (C=O) groups is 2. The molecule has 0 aliphatic rings. The highest BCUT2D eigenvalue weighted by molar-refractivity contribution is 5.98. The molecule has 0 radical (unpaired) electrons. The number of amides is 2. The zero-order valence-electron chi connectivity index (χ0n) is 14.3. The molecule has 0 saturated carbocycles. The van der Waals surface area contributed by atoms with Crippen molar-refractivity contribution in [3.8, 4) is 23.1 Å². The number of hydrogen-bond acceptors (Lipinski definition) is 5. The molecule has 2 amide bonds. The van der Waals surface area contributed by atoms with Crippen molar-refractivity contribution in [2.75, 3.05) is 7.11 Å². The minimum absolute atomic E-state index is 0.187. The summed E-state index contributed by atoms with van der Waals surface area (Å²) in [4.78, 5) is 24.2. The number of carbonyl (C=O) groups excluding carboxylic acids is 2. The van der Waals surface area contributed by atoms with Crippen LogP contribution in [-0.4, -0.2) is 29.1 Å². The molecule has 1 aromatic heterocycles. The van der Waals surface area contributed by atoms with Gasteiger partial charge in [-0.3, -0.25) is 25.5 Å². The van der Waals surface area contributed by atoms with Crippen LogP contribution < -0.4 is 15.6 Å². The van der Waals surface area contributed by atoms with E-state index in [0.717, 1.165) is 11.3 Å². The molecule has 2 aromatic carbocycles. The van der Waals surface area contributed by atoms with Crippen molar-refractivity contribution in [3.63, 3.8) is 0 Å². The van der Waals surface area contributed by atoms with E-state index in [1.54, 1.807) is 43.5 Å². The van der Waals surface area contributed by atoms with E-state index in [0.29, 0.717) is 11.3 Å². The monoisotopic (exact) mass is 361 g/mol. The number of aromatic amines is 1. The zero-order chi connectivity index (χ0) is 19.2. The van der Waals surface area contributed by atoms with Crippen LogP contribution in [-0.2, 0) is 0 Å². The number of hydrogen-bond donors (Lipinski definition) is 3. The van der Waals surface area contributed by atoms with E-state index in [1.165, 1.54) is 6.07 Å². The minimum Gasteiger partial charge on any atom is -0.497 e. The van der Waals surface area contributed by atoms with Gasteiger partial charge in [0.25, 0.3) is 11.8 Å². The lowest BCUT2D eigenvalue weighted by atomic mass is 10.1. The summed E-state index contributed by atoms with van der Waals surface area (Å²) in [6.45, 7) is 0. The molecule has 134 valence electrons. The normalized spacial score (nSPS) is 9.93. The summed E-state index contributed by atoms with van der Waals surface area (Å²) < 4.78 is 5.10. The van der Waals surface area contributed by atoms with Crippen molar-refractivity contribution in [1.82, 2.24) is 21.0 Å². The molecule has 3 rings (SSSR count). The van der Waals surface area contributed by atoms with E-state index in [1.807, 2.05) is 18.2 Å². The van der Waals surface area contributed by atoms with Gasteiger partial charge in [0.05, 0.1) is 24.4 Å². The lowest BCUT2D eigenvalue weighted by molar-refractivity contribution is 0.0844. The van der Waals surface area contributed by atoms with E-state index >= 15 is 0 Å². The summed E-state index contributed by atoms with van der Waals surface area (Å²) in [6, 6.07) is 16.9. The Morgan fingerprint density at radius 1 is 1.07 bits per heavy atom. The number of nitriles is 1. The second kappa shape index (κ2) is 7.84. The Balaban J connectivity index is 1.63. The van der Waals surface area contributed by atoms with Crippen molar-refractivity contribution >= 4 is 11.8 Å².